The van der Waals surface area contributed by atoms with E-state index in [1.165, 1.54) is 81.8 Å². The Labute approximate surface area is 166 Å². The SMILES string of the molecule is CCCCCC1CCc2cc(C3CCC4CC(C)CCC4C3)cc(F)c2C1. The van der Waals surface area contributed by atoms with E-state index in [0.29, 0.717) is 11.8 Å². The van der Waals surface area contributed by atoms with E-state index in [2.05, 4.69) is 19.9 Å². The standard InChI is InChI=1S/C26H39F/c1-3-4-5-6-19-8-10-23-16-24(17-26(27)25(23)14-19)22-12-11-20-13-18(2)7-9-21(20)15-22/h16-22H,3-15H2,1-2H3. The molecule has 0 spiro atoms. The van der Waals surface area contributed by atoms with Crippen molar-refractivity contribution in [2.24, 2.45) is 23.7 Å². The lowest BCUT2D eigenvalue weighted by Gasteiger charge is -2.42. The van der Waals surface area contributed by atoms with E-state index in [9.17, 15) is 0 Å². The van der Waals surface area contributed by atoms with Gasteiger partial charge in [-0.3, -0.25) is 0 Å². The first-order chi connectivity index (χ1) is 13.1. The molecule has 27 heavy (non-hydrogen) atoms. The van der Waals surface area contributed by atoms with Crippen LogP contribution < -0.4 is 0 Å². The molecular weight excluding hydrogens is 331 g/mol. The molecule has 3 aliphatic rings. The maximum absolute atomic E-state index is 15.0. The molecule has 0 saturated heterocycles. The fourth-order valence-corrected chi connectivity index (χ4v) is 6.51. The maximum Gasteiger partial charge on any atom is 0.126 e. The van der Waals surface area contributed by atoms with Gasteiger partial charge in [0.25, 0.3) is 0 Å². The summed E-state index contributed by atoms with van der Waals surface area (Å²) in [5.74, 6) is 4.22. The van der Waals surface area contributed by atoms with Crippen LogP contribution in [0.25, 0.3) is 0 Å². The van der Waals surface area contributed by atoms with Gasteiger partial charge in [-0.15, -0.1) is 0 Å². The topological polar surface area (TPSA) is 0 Å². The maximum atomic E-state index is 15.0. The molecule has 2 fully saturated rings. The molecule has 5 unspecified atom stereocenters. The van der Waals surface area contributed by atoms with Gasteiger partial charge in [0.2, 0.25) is 0 Å². The highest BCUT2D eigenvalue weighted by molar-refractivity contribution is 5.37. The summed E-state index contributed by atoms with van der Waals surface area (Å²) in [6, 6.07) is 4.35. The Morgan fingerprint density at radius 1 is 0.963 bits per heavy atom. The minimum Gasteiger partial charge on any atom is -0.207 e. The zero-order valence-electron chi connectivity index (χ0n) is 17.6. The number of benzene rings is 1. The van der Waals surface area contributed by atoms with Gasteiger partial charge in [0.15, 0.2) is 0 Å². The van der Waals surface area contributed by atoms with E-state index in [1.807, 2.05) is 6.07 Å². The fourth-order valence-electron chi connectivity index (χ4n) is 6.51. The quantitative estimate of drug-likeness (QED) is 0.463. The second-order valence-electron chi connectivity index (χ2n) is 10.2. The Bertz CT molecular complexity index is 633. The number of fused-ring (bicyclic) bond motifs is 2. The van der Waals surface area contributed by atoms with Gasteiger partial charge in [0, 0.05) is 0 Å². The predicted molar refractivity (Wildman–Crippen MR) is 113 cm³/mol. The molecule has 1 heteroatoms. The van der Waals surface area contributed by atoms with E-state index in [0.717, 1.165) is 36.2 Å². The molecule has 0 bridgehead atoms. The highest BCUT2D eigenvalue weighted by atomic mass is 19.1. The summed E-state index contributed by atoms with van der Waals surface area (Å²) in [6.45, 7) is 4.69. The van der Waals surface area contributed by atoms with Gasteiger partial charge in [0.1, 0.15) is 5.82 Å². The first-order valence-electron chi connectivity index (χ1n) is 11.9. The van der Waals surface area contributed by atoms with E-state index < -0.39 is 0 Å². The molecule has 1 aromatic rings. The number of aryl methyl sites for hydroxylation is 1. The van der Waals surface area contributed by atoms with Crippen molar-refractivity contribution in [3.63, 3.8) is 0 Å². The minimum absolute atomic E-state index is 0.113. The van der Waals surface area contributed by atoms with Crippen LogP contribution >= 0.6 is 0 Å². The van der Waals surface area contributed by atoms with Crippen LogP contribution in [0.4, 0.5) is 4.39 Å². The van der Waals surface area contributed by atoms with Crippen molar-refractivity contribution in [1.82, 2.24) is 0 Å². The van der Waals surface area contributed by atoms with Crippen LogP contribution in [-0.2, 0) is 12.8 Å². The summed E-state index contributed by atoms with van der Waals surface area (Å²) in [7, 11) is 0. The largest absolute Gasteiger partial charge is 0.207 e. The summed E-state index contributed by atoms with van der Waals surface area (Å²) in [6.07, 6.45) is 16.8. The third-order valence-corrected chi connectivity index (χ3v) is 8.19. The lowest BCUT2D eigenvalue weighted by Crippen LogP contribution is -2.29. The minimum atomic E-state index is 0.113. The van der Waals surface area contributed by atoms with Crippen molar-refractivity contribution in [3.8, 4) is 0 Å². The summed E-state index contributed by atoms with van der Waals surface area (Å²) in [5.41, 5.74) is 3.73. The van der Waals surface area contributed by atoms with Crippen molar-refractivity contribution in [3.05, 3.63) is 34.6 Å². The molecule has 5 atom stereocenters. The molecule has 1 aromatic carbocycles. The van der Waals surface area contributed by atoms with Crippen molar-refractivity contribution in [1.29, 1.82) is 0 Å². The van der Waals surface area contributed by atoms with Crippen LogP contribution in [0.2, 0.25) is 0 Å². The smallest absolute Gasteiger partial charge is 0.126 e. The first kappa shape index (κ1) is 19.5. The summed E-state index contributed by atoms with van der Waals surface area (Å²) in [4.78, 5) is 0. The molecule has 0 aromatic heterocycles. The zero-order valence-corrected chi connectivity index (χ0v) is 17.6. The molecule has 3 aliphatic carbocycles. The summed E-state index contributed by atoms with van der Waals surface area (Å²) >= 11 is 0. The van der Waals surface area contributed by atoms with Gasteiger partial charge in [-0.25, -0.2) is 4.39 Å². The number of rotatable bonds is 5. The van der Waals surface area contributed by atoms with Crippen LogP contribution in [0.1, 0.15) is 107 Å². The molecule has 0 aliphatic heterocycles. The third kappa shape index (κ3) is 4.43. The normalized spacial score (nSPS) is 33.4. The molecule has 2 saturated carbocycles. The van der Waals surface area contributed by atoms with Gasteiger partial charge in [-0.1, -0.05) is 52.0 Å². The molecule has 150 valence electrons. The second-order valence-corrected chi connectivity index (χ2v) is 10.2. The van der Waals surface area contributed by atoms with E-state index in [-0.39, 0.29) is 5.82 Å². The van der Waals surface area contributed by atoms with Gasteiger partial charge in [-0.2, -0.15) is 0 Å². The average Bonchev–Trinajstić information content (AvgIpc) is 2.68. The molecule has 0 heterocycles. The number of unbranched alkanes of at least 4 members (excludes halogenated alkanes) is 2. The average molecular weight is 371 g/mol. The van der Waals surface area contributed by atoms with Crippen molar-refractivity contribution in [2.45, 2.75) is 103 Å². The van der Waals surface area contributed by atoms with Crippen LogP contribution in [0.3, 0.4) is 0 Å². The van der Waals surface area contributed by atoms with Crippen LogP contribution in [0.5, 0.6) is 0 Å². The Morgan fingerprint density at radius 3 is 2.63 bits per heavy atom. The number of hydrogen-bond acceptors (Lipinski definition) is 0. The van der Waals surface area contributed by atoms with E-state index in [1.54, 1.807) is 0 Å². The van der Waals surface area contributed by atoms with Crippen molar-refractivity contribution in [2.75, 3.05) is 0 Å². The van der Waals surface area contributed by atoms with Crippen LogP contribution in [0, 0.1) is 29.5 Å². The third-order valence-electron chi connectivity index (χ3n) is 8.19. The number of halogens is 1. The fraction of sp³-hybridized carbons (Fsp3) is 0.769. The second kappa shape index (κ2) is 8.66. The van der Waals surface area contributed by atoms with Gasteiger partial charge in [-0.05, 0) is 104 Å². The Balaban J connectivity index is 1.43. The predicted octanol–water partition coefficient (Wildman–Crippen LogP) is 7.83. The monoisotopic (exact) mass is 370 g/mol. The highest BCUT2D eigenvalue weighted by Crippen LogP contribution is 2.48. The number of hydrogen-bond donors (Lipinski definition) is 0. The van der Waals surface area contributed by atoms with E-state index in [4.69, 9.17) is 0 Å². The van der Waals surface area contributed by atoms with Crippen molar-refractivity contribution >= 4 is 0 Å². The van der Waals surface area contributed by atoms with Crippen molar-refractivity contribution < 1.29 is 4.39 Å². The molecule has 0 amide bonds. The van der Waals surface area contributed by atoms with Gasteiger partial charge < -0.3 is 0 Å². The summed E-state index contributed by atoms with van der Waals surface area (Å²) < 4.78 is 15.0. The Kier molecular flexibility index (Phi) is 6.25. The molecular formula is C26H39F. The van der Waals surface area contributed by atoms with Crippen LogP contribution in [-0.4, -0.2) is 0 Å². The molecule has 0 nitrogen and oxygen atoms in total. The Hall–Kier alpha value is -0.850. The molecule has 0 N–H and O–H groups in total. The van der Waals surface area contributed by atoms with Gasteiger partial charge >= 0.3 is 0 Å². The lowest BCUT2D eigenvalue weighted by molar-refractivity contribution is 0.124. The Morgan fingerprint density at radius 2 is 1.78 bits per heavy atom. The first-order valence-corrected chi connectivity index (χ1v) is 11.9. The molecule has 4 rings (SSSR count). The lowest BCUT2D eigenvalue weighted by atomic mass is 9.64. The van der Waals surface area contributed by atoms with Crippen LogP contribution in [0.15, 0.2) is 12.1 Å². The zero-order chi connectivity index (χ0) is 18.8. The van der Waals surface area contributed by atoms with E-state index >= 15 is 4.39 Å². The summed E-state index contributed by atoms with van der Waals surface area (Å²) in [5, 5.41) is 0. The highest BCUT2D eigenvalue weighted by Gasteiger charge is 2.35. The van der Waals surface area contributed by atoms with Gasteiger partial charge in [0.05, 0.1) is 0 Å². The molecule has 0 radical (unpaired) electrons.